The summed E-state index contributed by atoms with van der Waals surface area (Å²) in [6.45, 7) is 6.14. The zero-order valence-electron chi connectivity index (χ0n) is 9.12. The van der Waals surface area contributed by atoms with Gasteiger partial charge in [0.2, 0.25) is 0 Å². The molecule has 1 aromatic rings. The van der Waals surface area contributed by atoms with E-state index >= 15 is 0 Å². The maximum atomic E-state index is 5.86. The molecule has 2 N–H and O–H groups in total. The van der Waals surface area contributed by atoms with Gasteiger partial charge in [0, 0.05) is 23.0 Å². The first-order valence-corrected chi connectivity index (χ1v) is 5.06. The Morgan fingerprint density at radius 3 is 2.86 bits per heavy atom. The molecule has 0 saturated carbocycles. The largest absolute Gasteiger partial charge is 0.402 e. The fourth-order valence-corrected chi connectivity index (χ4v) is 1.36. The zero-order valence-corrected chi connectivity index (χ0v) is 9.12. The molecule has 1 heterocycles. The Morgan fingerprint density at radius 2 is 2.29 bits per heavy atom. The molecule has 0 aliphatic rings. The summed E-state index contributed by atoms with van der Waals surface area (Å²) < 4.78 is 0. The number of aryl methyl sites for hydroxylation is 1. The molecule has 1 unspecified atom stereocenters. The Labute approximate surface area is 85.9 Å². The summed E-state index contributed by atoms with van der Waals surface area (Å²) in [5, 5.41) is 0. The van der Waals surface area contributed by atoms with Gasteiger partial charge >= 0.3 is 0 Å². The van der Waals surface area contributed by atoms with Gasteiger partial charge in [0.05, 0.1) is 0 Å². The number of aromatic nitrogens is 1. The summed E-state index contributed by atoms with van der Waals surface area (Å²) in [5.41, 5.74) is 8.92. The highest BCUT2D eigenvalue weighted by molar-refractivity contribution is 5.22. The van der Waals surface area contributed by atoms with E-state index in [1.165, 1.54) is 0 Å². The molecule has 76 valence electrons. The Balaban J connectivity index is 2.95. The van der Waals surface area contributed by atoms with E-state index in [-0.39, 0.29) is 5.92 Å². The third kappa shape index (κ3) is 2.34. The molecule has 0 aromatic carbocycles. The van der Waals surface area contributed by atoms with E-state index in [4.69, 9.17) is 5.73 Å². The minimum atomic E-state index is 0.214. The fraction of sp³-hybridized carbons (Fsp3) is 0.417. The number of rotatable bonds is 3. The van der Waals surface area contributed by atoms with Gasteiger partial charge in [0.15, 0.2) is 0 Å². The van der Waals surface area contributed by atoms with Gasteiger partial charge in [-0.2, -0.15) is 0 Å². The summed E-state index contributed by atoms with van der Waals surface area (Å²) in [7, 11) is 0. The molecule has 0 fully saturated rings. The number of pyridine rings is 1. The van der Waals surface area contributed by atoms with Crippen LogP contribution in [0.1, 0.15) is 38.1 Å². The van der Waals surface area contributed by atoms with Crippen molar-refractivity contribution < 1.29 is 0 Å². The molecule has 0 spiro atoms. The predicted molar refractivity (Wildman–Crippen MR) is 60.0 cm³/mol. The van der Waals surface area contributed by atoms with Crippen molar-refractivity contribution in [1.29, 1.82) is 0 Å². The van der Waals surface area contributed by atoms with Gasteiger partial charge in [-0.1, -0.05) is 26.0 Å². The second-order valence-electron chi connectivity index (χ2n) is 3.42. The van der Waals surface area contributed by atoms with E-state index in [1.807, 2.05) is 31.2 Å². The van der Waals surface area contributed by atoms with Crippen LogP contribution in [0.15, 0.2) is 30.0 Å². The van der Waals surface area contributed by atoms with Crippen LogP contribution < -0.4 is 5.73 Å². The molecule has 2 heteroatoms. The van der Waals surface area contributed by atoms with Crippen molar-refractivity contribution in [3.8, 4) is 0 Å². The van der Waals surface area contributed by atoms with Crippen LogP contribution in [0.4, 0.5) is 0 Å². The highest BCUT2D eigenvalue weighted by Gasteiger charge is 2.08. The predicted octanol–water partition coefficient (Wildman–Crippen LogP) is 2.61. The van der Waals surface area contributed by atoms with Crippen molar-refractivity contribution in [1.82, 2.24) is 4.98 Å². The summed E-state index contributed by atoms with van der Waals surface area (Å²) in [5.74, 6) is 0.214. The van der Waals surface area contributed by atoms with Gasteiger partial charge in [-0.25, -0.2) is 0 Å². The highest BCUT2D eigenvalue weighted by atomic mass is 14.7. The number of hydrogen-bond acceptors (Lipinski definition) is 2. The first-order chi connectivity index (χ1) is 6.69. The molecular formula is C12H18N2. The quantitative estimate of drug-likeness (QED) is 0.795. The van der Waals surface area contributed by atoms with Crippen LogP contribution in [-0.2, 0) is 6.42 Å². The van der Waals surface area contributed by atoms with E-state index < -0.39 is 0 Å². The molecule has 0 radical (unpaired) electrons. The first-order valence-electron chi connectivity index (χ1n) is 5.06. The van der Waals surface area contributed by atoms with Crippen LogP contribution in [0, 0.1) is 0 Å². The van der Waals surface area contributed by atoms with Crippen LogP contribution in [0.3, 0.4) is 0 Å². The Kier molecular flexibility index (Phi) is 3.69. The van der Waals surface area contributed by atoms with Crippen molar-refractivity contribution >= 4 is 0 Å². The number of nitrogens with zero attached hydrogens (tertiary/aromatic N) is 1. The average Bonchev–Trinajstić information content (AvgIpc) is 2.27. The second-order valence-corrected chi connectivity index (χ2v) is 3.42. The molecular weight excluding hydrogens is 172 g/mol. The normalized spacial score (nSPS) is 14.1. The van der Waals surface area contributed by atoms with Gasteiger partial charge in [-0.3, -0.25) is 4.98 Å². The SMILES string of the molecule is C/C=C(/N)C(C)c1cccc(CC)n1. The molecule has 0 aliphatic carbocycles. The lowest BCUT2D eigenvalue weighted by molar-refractivity contribution is 0.817. The van der Waals surface area contributed by atoms with Gasteiger partial charge in [0.1, 0.15) is 0 Å². The molecule has 2 nitrogen and oxygen atoms in total. The van der Waals surface area contributed by atoms with Crippen molar-refractivity contribution in [2.45, 2.75) is 33.1 Å². The molecule has 1 aromatic heterocycles. The Hall–Kier alpha value is -1.31. The summed E-state index contributed by atoms with van der Waals surface area (Å²) >= 11 is 0. The number of hydrogen-bond donors (Lipinski definition) is 1. The molecule has 0 aliphatic heterocycles. The number of nitrogens with two attached hydrogens (primary N) is 1. The standard InChI is InChI=1S/C12H18N2/c1-4-10-7-6-8-12(14-10)9(3)11(13)5-2/h5-9H,4,13H2,1-3H3/b11-5+. The van der Waals surface area contributed by atoms with Crippen molar-refractivity contribution in [2.75, 3.05) is 0 Å². The second kappa shape index (κ2) is 4.80. The van der Waals surface area contributed by atoms with Crippen LogP contribution in [-0.4, -0.2) is 4.98 Å². The lowest BCUT2D eigenvalue weighted by Crippen LogP contribution is -2.09. The maximum Gasteiger partial charge on any atom is 0.0493 e. The summed E-state index contributed by atoms with van der Waals surface area (Å²) in [6.07, 6.45) is 2.90. The minimum Gasteiger partial charge on any atom is -0.402 e. The van der Waals surface area contributed by atoms with E-state index in [2.05, 4.69) is 18.8 Å². The molecule has 0 amide bonds. The van der Waals surface area contributed by atoms with Crippen molar-refractivity contribution in [3.63, 3.8) is 0 Å². The van der Waals surface area contributed by atoms with Gasteiger partial charge in [-0.15, -0.1) is 0 Å². The third-order valence-electron chi connectivity index (χ3n) is 2.47. The third-order valence-corrected chi connectivity index (χ3v) is 2.47. The van der Waals surface area contributed by atoms with Crippen LogP contribution >= 0.6 is 0 Å². The summed E-state index contributed by atoms with van der Waals surface area (Å²) in [6, 6.07) is 6.11. The average molecular weight is 190 g/mol. The van der Waals surface area contributed by atoms with Crippen LogP contribution in [0.25, 0.3) is 0 Å². The van der Waals surface area contributed by atoms with Gasteiger partial charge in [-0.05, 0) is 25.5 Å². The van der Waals surface area contributed by atoms with E-state index in [0.29, 0.717) is 0 Å². The lowest BCUT2D eigenvalue weighted by atomic mass is 10.0. The van der Waals surface area contributed by atoms with Crippen LogP contribution in [0.2, 0.25) is 0 Å². The van der Waals surface area contributed by atoms with Crippen molar-refractivity contribution in [3.05, 3.63) is 41.4 Å². The van der Waals surface area contributed by atoms with Crippen molar-refractivity contribution in [2.24, 2.45) is 5.73 Å². The lowest BCUT2D eigenvalue weighted by Gasteiger charge is -2.11. The molecule has 1 rings (SSSR count). The zero-order chi connectivity index (χ0) is 10.6. The van der Waals surface area contributed by atoms with Gasteiger partial charge < -0.3 is 5.73 Å². The molecule has 1 atom stereocenters. The maximum absolute atomic E-state index is 5.86. The minimum absolute atomic E-state index is 0.214. The topological polar surface area (TPSA) is 38.9 Å². The monoisotopic (exact) mass is 190 g/mol. The van der Waals surface area contributed by atoms with E-state index in [9.17, 15) is 0 Å². The fourth-order valence-electron chi connectivity index (χ4n) is 1.36. The smallest absolute Gasteiger partial charge is 0.0493 e. The van der Waals surface area contributed by atoms with Gasteiger partial charge in [0.25, 0.3) is 0 Å². The molecule has 14 heavy (non-hydrogen) atoms. The van der Waals surface area contributed by atoms with Crippen LogP contribution in [0.5, 0.6) is 0 Å². The van der Waals surface area contributed by atoms with E-state index in [1.54, 1.807) is 0 Å². The Bertz CT molecular complexity index is 329. The first kappa shape index (κ1) is 10.8. The number of allylic oxidation sites excluding steroid dienone is 2. The molecule has 0 saturated heterocycles. The highest BCUT2D eigenvalue weighted by Crippen LogP contribution is 2.18. The van der Waals surface area contributed by atoms with E-state index in [0.717, 1.165) is 23.5 Å². The summed E-state index contributed by atoms with van der Waals surface area (Å²) in [4.78, 5) is 4.54. The Morgan fingerprint density at radius 1 is 1.57 bits per heavy atom. The molecule has 0 bridgehead atoms.